The quantitative estimate of drug-likeness (QED) is 0.669. The number of hydrogen-bond donors (Lipinski definition) is 2. The second-order valence-corrected chi connectivity index (χ2v) is 4.39. The minimum absolute atomic E-state index is 0.0750. The number of amides is 1. The van der Waals surface area contributed by atoms with E-state index in [4.69, 9.17) is 4.74 Å². The summed E-state index contributed by atoms with van der Waals surface area (Å²) in [4.78, 5) is 11.9. The molecule has 0 bridgehead atoms. The van der Waals surface area contributed by atoms with Gasteiger partial charge in [0.15, 0.2) is 0 Å². The van der Waals surface area contributed by atoms with Crippen molar-refractivity contribution >= 4 is 11.6 Å². The van der Waals surface area contributed by atoms with Crippen molar-refractivity contribution in [3.05, 3.63) is 59.7 Å². The van der Waals surface area contributed by atoms with Crippen LogP contribution in [0.2, 0.25) is 0 Å². The summed E-state index contributed by atoms with van der Waals surface area (Å²) in [5.41, 5.74) is 3.96. The number of carbonyl (C=O) groups is 1. The molecule has 2 N–H and O–H groups in total. The Morgan fingerprint density at radius 2 is 1.90 bits per heavy atom. The number of carbonyl (C=O) groups excluding carboxylic acids is 1. The van der Waals surface area contributed by atoms with Gasteiger partial charge in [-0.3, -0.25) is 4.79 Å². The Balaban J connectivity index is 2.16. The molecule has 2 aromatic rings. The Morgan fingerprint density at radius 1 is 1.19 bits per heavy atom. The third kappa shape index (κ3) is 3.60. The molecule has 108 valence electrons. The van der Waals surface area contributed by atoms with Crippen molar-refractivity contribution in [2.75, 3.05) is 7.11 Å². The van der Waals surface area contributed by atoms with Gasteiger partial charge in [0, 0.05) is 11.1 Å². The van der Waals surface area contributed by atoms with Crippen molar-refractivity contribution < 1.29 is 14.6 Å². The second-order valence-electron chi connectivity index (χ2n) is 4.39. The van der Waals surface area contributed by atoms with E-state index in [2.05, 4.69) is 10.5 Å². The summed E-state index contributed by atoms with van der Waals surface area (Å²) in [6.07, 6.45) is 0. The highest BCUT2D eigenvalue weighted by molar-refractivity contribution is 6.02. The van der Waals surface area contributed by atoms with Crippen LogP contribution in [0.15, 0.2) is 53.6 Å². The molecule has 0 saturated carbocycles. The minimum atomic E-state index is -0.308. The molecular formula is C16H16N2O3. The lowest BCUT2D eigenvalue weighted by atomic mass is 10.1. The van der Waals surface area contributed by atoms with Crippen LogP contribution in [-0.4, -0.2) is 23.8 Å². The van der Waals surface area contributed by atoms with Gasteiger partial charge in [0.2, 0.25) is 0 Å². The fourth-order valence-electron chi connectivity index (χ4n) is 1.78. The molecule has 21 heavy (non-hydrogen) atoms. The van der Waals surface area contributed by atoms with E-state index in [0.717, 1.165) is 0 Å². The van der Waals surface area contributed by atoms with Crippen molar-refractivity contribution in [2.24, 2.45) is 5.10 Å². The molecule has 0 aliphatic rings. The molecular weight excluding hydrogens is 268 g/mol. The Labute approximate surface area is 122 Å². The Hall–Kier alpha value is -2.82. The fourth-order valence-corrected chi connectivity index (χ4v) is 1.78. The van der Waals surface area contributed by atoms with Gasteiger partial charge in [0.05, 0.1) is 12.8 Å². The zero-order valence-electron chi connectivity index (χ0n) is 11.8. The van der Waals surface area contributed by atoms with Crippen molar-refractivity contribution in [3.8, 4) is 11.5 Å². The summed E-state index contributed by atoms with van der Waals surface area (Å²) in [6.45, 7) is 1.69. The van der Waals surface area contributed by atoms with E-state index >= 15 is 0 Å². The summed E-state index contributed by atoms with van der Waals surface area (Å²) in [7, 11) is 1.54. The lowest BCUT2D eigenvalue weighted by molar-refractivity contribution is 0.0955. The monoisotopic (exact) mass is 284 g/mol. The van der Waals surface area contributed by atoms with Gasteiger partial charge in [0.1, 0.15) is 11.5 Å². The molecule has 0 aliphatic carbocycles. The standard InChI is InChI=1S/C16H16N2O3/c1-11(14-10-13(21-2)8-9-15(14)19)17-18-16(20)12-6-4-3-5-7-12/h3-10,19H,1-2H3,(H,18,20)/b17-11+. The van der Waals surface area contributed by atoms with Crippen molar-refractivity contribution in [3.63, 3.8) is 0 Å². The van der Waals surface area contributed by atoms with Crippen molar-refractivity contribution in [1.82, 2.24) is 5.43 Å². The Morgan fingerprint density at radius 3 is 2.57 bits per heavy atom. The minimum Gasteiger partial charge on any atom is -0.507 e. The maximum atomic E-state index is 11.9. The molecule has 0 fully saturated rings. The molecule has 5 heteroatoms. The largest absolute Gasteiger partial charge is 0.507 e. The van der Waals surface area contributed by atoms with E-state index in [9.17, 15) is 9.90 Å². The van der Waals surface area contributed by atoms with E-state index in [1.807, 2.05) is 6.07 Å². The Kier molecular flexibility index (Phi) is 4.56. The highest BCUT2D eigenvalue weighted by Crippen LogP contribution is 2.23. The van der Waals surface area contributed by atoms with E-state index in [-0.39, 0.29) is 11.7 Å². The van der Waals surface area contributed by atoms with Crippen LogP contribution in [-0.2, 0) is 0 Å². The molecule has 2 rings (SSSR count). The average Bonchev–Trinajstić information content (AvgIpc) is 2.53. The van der Waals surface area contributed by atoms with Gasteiger partial charge >= 0.3 is 0 Å². The number of nitrogens with zero attached hydrogens (tertiary/aromatic N) is 1. The van der Waals surface area contributed by atoms with E-state index in [0.29, 0.717) is 22.6 Å². The number of phenolic OH excluding ortho intramolecular Hbond substituents is 1. The summed E-state index contributed by atoms with van der Waals surface area (Å²) >= 11 is 0. The lowest BCUT2D eigenvalue weighted by Crippen LogP contribution is -2.19. The lowest BCUT2D eigenvalue weighted by Gasteiger charge is -2.07. The number of hydrogen-bond acceptors (Lipinski definition) is 4. The van der Waals surface area contributed by atoms with Crippen LogP contribution in [0, 0.1) is 0 Å². The first-order valence-corrected chi connectivity index (χ1v) is 6.39. The fraction of sp³-hybridized carbons (Fsp3) is 0.125. The molecule has 5 nitrogen and oxygen atoms in total. The highest BCUT2D eigenvalue weighted by Gasteiger charge is 2.08. The first kappa shape index (κ1) is 14.6. The number of phenols is 1. The molecule has 2 aromatic carbocycles. The summed E-state index contributed by atoms with van der Waals surface area (Å²) < 4.78 is 5.10. The summed E-state index contributed by atoms with van der Waals surface area (Å²) in [5.74, 6) is 0.370. The number of ether oxygens (including phenoxy) is 1. The third-order valence-corrected chi connectivity index (χ3v) is 2.95. The molecule has 0 heterocycles. The highest BCUT2D eigenvalue weighted by atomic mass is 16.5. The normalized spacial score (nSPS) is 11.0. The second kappa shape index (κ2) is 6.56. The molecule has 0 saturated heterocycles. The number of methoxy groups -OCH3 is 1. The molecule has 0 atom stereocenters. The van der Waals surface area contributed by atoms with Crippen LogP contribution in [0.5, 0.6) is 11.5 Å². The smallest absolute Gasteiger partial charge is 0.271 e. The van der Waals surface area contributed by atoms with Crippen LogP contribution >= 0.6 is 0 Å². The van der Waals surface area contributed by atoms with Crippen LogP contribution in [0.1, 0.15) is 22.8 Å². The van der Waals surface area contributed by atoms with Crippen molar-refractivity contribution in [2.45, 2.75) is 6.92 Å². The number of rotatable bonds is 4. The molecule has 0 unspecified atom stereocenters. The maximum Gasteiger partial charge on any atom is 0.271 e. The molecule has 0 aromatic heterocycles. The molecule has 0 aliphatic heterocycles. The predicted molar refractivity (Wildman–Crippen MR) is 80.8 cm³/mol. The number of aromatic hydroxyl groups is 1. The van der Waals surface area contributed by atoms with E-state index in [1.54, 1.807) is 50.4 Å². The first-order valence-electron chi connectivity index (χ1n) is 6.39. The topological polar surface area (TPSA) is 70.9 Å². The maximum absolute atomic E-state index is 11.9. The van der Waals surface area contributed by atoms with Crippen molar-refractivity contribution in [1.29, 1.82) is 0 Å². The van der Waals surface area contributed by atoms with Gasteiger partial charge in [-0.2, -0.15) is 5.10 Å². The van der Waals surface area contributed by atoms with Gasteiger partial charge in [-0.1, -0.05) is 18.2 Å². The third-order valence-electron chi connectivity index (χ3n) is 2.95. The Bertz CT molecular complexity index is 666. The van der Waals surface area contributed by atoms with Crippen LogP contribution in [0.3, 0.4) is 0 Å². The predicted octanol–water partition coefficient (Wildman–Crippen LogP) is 2.55. The summed E-state index contributed by atoms with van der Waals surface area (Å²) in [6, 6.07) is 13.6. The zero-order chi connectivity index (χ0) is 15.2. The SMILES string of the molecule is COc1ccc(O)c(/C(C)=N/NC(=O)c2ccccc2)c1. The van der Waals surface area contributed by atoms with Gasteiger partial charge < -0.3 is 9.84 Å². The van der Waals surface area contributed by atoms with E-state index in [1.165, 1.54) is 6.07 Å². The molecule has 0 radical (unpaired) electrons. The first-order chi connectivity index (χ1) is 10.1. The van der Waals surface area contributed by atoms with E-state index < -0.39 is 0 Å². The van der Waals surface area contributed by atoms with Gasteiger partial charge in [-0.25, -0.2) is 5.43 Å². The van der Waals surface area contributed by atoms with Gasteiger partial charge in [-0.15, -0.1) is 0 Å². The van der Waals surface area contributed by atoms with Crippen LogP contribution < -0.4 is 10.2 Å². The van der Waals surface area contributed by atoms with Gasteiger partial charge in [0.25, 0.3) is 5.91 Å². The average molecular weight is 284 g/mol. The molecule has 0 spiro atoms. The molecule has 1 amide bonds. The zero-order valence-corrected chi connectivity index (χ0v) is 11.8. The van der Waals surface area contributed by atoms with Crippen LogP contribution in [0.4, 0.5) is 0 Å². The van der Waals surface area contributed by atoms with Gasteiger partial charge in [-0.05, 0) is 37.3 Å². The number of hydrazone groups is 1. The number of nitrogens with one attached hydrogen (secondary N) is 1. The van der Waals surface area contributed by atoms with Crippen LogP contribution in [0.25, 0.3) is 0 Å². The number of benzene rings is 2. The summed E-state index contributed by atoms with van der Waals surface area (Å²) in [5, 5.41) is 13.8.